The molecule has 7 nitrogen and oxygen atoms in total. The molecular formula is C24H34F2N6O. The highest BCUT2D eigenvalue weighted by Gasteiger charge is 2.59. The summed E-state index contributed by atoms with van der Waals surface area (Å²) in [5.74, 6) is 1.75. The number of rotatable bonds is 6. The third-order valence-corrected chi connectivity index (χ3v) is 7.76. The van der Waals surface area contributed by atoms with Gasteiger partial charge >= 0.3 is 6.61 Å². The second-order valence-corrected chi connectivity index (χ2v) is 10.3. The Balaban J connectivity index is 1.34. The number of piperazine rings is 1. The van der Waals surface area contributed by atoms with Gasteiger partial charge in [-0.25, -0.2) is 4.98 Å². The van der Waals surface area contributed by atoms with E-state index in [1.165, 1.54) is 24.6 Å². The summed E-state index contributed by atoms with van der Waals surface area (Å²) in [5.41, 5.74) is 8.31. The Labute approximate surface area is 193 Å². The van der Waals surface area contributed by atoms with Crippen molar-refractivity contribution in [2.24, 2.45) is 11.8 Å². The SMILES string of the molecule is CC1CN(C)CCN1C1C[C@@H]2C(c3cc(-c4cnc(N)c(OC(F)F)c4)nn3C(C)C)[C@@H]2C1. The van der Waals surface area contributed by atoms with Crippen molar-refractivity contribution < 1.29 is 13.5 Å². The van der Waals surface area contributed by atoms with Crippen LogP contribution in [0.5, 0.6) is 5.75 Å². The second-order valence-electron chi connectivity index (χ2n) is 10.3. The number of aromatic nitrogens is 3. The van der Waals surface area contributed by atoms with E-state index in [2.05, 4.69) is 58.1 Å². The van der Waals surface area contributed by atoms with Crippen LogP contribution in [0.25, 0.3) is 11.3 Å². The van der Waals surface area contributed by atoms with Gasteiger partial charge in [0.1, 0.15) is 0 Å². The number of ether oxygens (including phenoxy) is 1. The fraction of sp³-hybridized carbons (Fsp3) is 0.667. The van der Waals surface area contributed by atoms with Crippen LogP contribution in [0.15, 0.2) is 18.3 Å². The van der Waals surface area contributed by atoms with Crippen molar-refractivity contribution >= 4 is 5.82 Å². The van der Waals surface area contributed by atoms with Crippen LogP contribution in [-0.2, 0) is 0 Å². The number of fused-ring (bicyclic) bond motifs is 1. The zero-order valence-corrected chi connectivity index (χ0v) is 19.8. The predicted molar refractivity (Wildman–Crippen MR) is 123 cm³/mol. The highest BCUT2D eigenvalue weighted by Crippen LogP contribution is 2.64. The first-order valence-electron chi connectivity index (χ1n) is 12.0. The average Bonchev–Trinajstić information content (AvgIpc) is 3.09. The van der Waals surface area contributed by atoms with Gasteiger partial charge in [-0.05, 0) is 64.6 Å². The van der Waals surface area contributed by atoms with Gasteiger partial charge in [0.15, 0.2) is 11.6 Å². The monoisotopic (exact) mass is 460 g/mol. The number of likely N-dealkylation sites (N-methyl/N-ethyl adjacent to an activating group) is 1. The van der Waals surface area contributed by atoms with Gasteiger partial charge in [-0.2, -0.15) is 13.9 Å². The highest BCUT2D eigenvalue weighted by atomic mass is 19.3. The quantitative estimate of drug-likeness (QED) is 0.706. The minimum Gasteiger partial charge on any atom is -0.431 e. The Hall–Kier alpha value is -2.26. The topological polar surface area (TPSA) is 72.4 Å². The minimum absolute atomic E-state index is 0.0523. The van der Waals surface area contributed by atoms with Gasteiger partial charge in [-0.15, -0.1) is 0 Å². The van der Waals surface area contributed by atoms with Crippen molar-refractivity contribution in [2.75, 3.05) is 32.4 Å². The lowest BCUT2D eigenvalue weighted by atomic mass is 10.00. The van der Waals surface area contributed by atoms with Gasteiger partial charge in [-0.1, -0.05) is 0 Å². The number of pyridine rings is 1. The van der Waals surface area contributed by atoms with Crippen molar-refractivity contribution in [1.29, 1.82) is 0 Å². The molecule has 0 amide bonds. The molecule has 0 spiro atoms. The molecule has 0 aromatic carbocycles. The zero-order chi connectivity index (χ0) is 23.4. The number of nitrogen functional groups attached to an aromatic ring is 1. The summed E-state index contributed by atoms with van der Waals surface area (Å²) in [6.45, 7) is 7.11. The van der Waals surface area contributed by atoms with E-state index in [1.54, 1.807) is 6.20 Å². The minimum atomic E-state index is -2.95. The molecule has 0 radical (unpaired) electrons. The molecule has 2 aromatic heterocycles. The lowest BCUT2D eigenvalue weighted by molar-refractivity contribution is -0.0494. The van der Waals surface area contributed by atoms with Gasteiger partial charge < -0.3 is 15.4 Å². The molecule has 3 aliphatic rings. The van der Waals surface area contributed by atoms with Crippen LogP contribution in [0.2, 0.25) is 0 Å². The maximum atomic E-state index is 12.7. The number of alkyl halides is 2. The Kier molecular flexibility index (Phi) is 5.81. The highest BCUT2D eigenvalue weighted by molar-refractivity contribution is 5.64. The number of nitrogens with two attached hydrogens (primary N) is 1. The van der Waals surface area contributed by atoms with Crippen LogP contribution in [0, 0.1) is 11.8 Å². The molecule has 0 bridgehead atoms. The number of anilines is 1. The van der Waals surface area contributed by atoms with Crippen molar-refractivity contribution in [3.63, 3.8) is 0 Å². The maximum absolute atomic E-state index is 12.7. The number of halogens is 2. The smallest absolute Gasteiger partial charge is 0.387 e. The van der Waals surface area contributed by atoms with Crippen molar-refractivity contribution in [3.05, 3.63) is 24.0 Å². The molecule has 9 heteroatoms. The van der Waals surface area contributed by atoms with Crippen molar-refractivity contribution in [2.45, 2.75) is 64.3 Å². The number of hydrogen-bond acceptors (Lipinski definition) is 6. The van der Waals surface area contributed by atoms with Gasteiger partial charge in [0.25, 0.3) is 0 Å². The first-order chi connectivity index (χ1) is 15.7. The summed E-state index contributed by atoms with van der Waals surface area (Å²) in [7, 11) is 2.21. The van der Waals surface area contributed by atoms with Crippen LogP contribution in [0.1, 0.15) is 51.3 Å². The Bertz CT molecular complexity index is 999. The first kappa shape index (κ1) is 22.5. The van der Waals surface area contributed by atoms with Crippen LogP contribution >= 0.6 is 0 Å². The Morgan fingerprint density at radius 2 is 1.88 bits per heavy atom. The normalized spacial score (nSPS) is 30.2. The van der Waals surface area contributed by atoms with Crippen molar-refractivity contribution in [3.8, 4) is 17.0 Å². The van der Waals surface area contributed by atoms with Gasteiger partial charge in [0, 0.05) is 61.1 Å². The van der Waals surface area contributed by atoms with Gasteiger partial charge in [0.2, 0.25) is 0 Å². The number of hydrogen-bond donors (Lipinski definition) is 1. The zero-order valence-electron chi connectivity index (χ0n) is 19.8. The summed E-state index contributed by atoms with van der Waals surface area (Å²) in [5, 5.41) is 4.82. The molecule has 180 valence electrons. The average molecular weight is 461 g/mol. The molecular weight excluding hydrogens is 426 g/mol. The first-order valence-corrected chi connectivity index (χ1v) is 12.0. The van der Waals surface area contributed by atoms with E-state index >= 15 is 0 Å². The summed E-state index contributed by atoms with van der Waals surface area (Å²) in [6, 6.07) is 5.12. The van der Waals surface area contributed by atoms with Crippen LogP contribution in [-0.4, -0.2) is 69.9 Å². The molecule has 2 aliphatic carbocycles. The molecule has 1 aliphatic heterocycles. The number of nitrogens with zero attached hydrogens (tertiary/aromatic N) is 5. The van der Waals surface area contributed by atoms with E-state index in [0.717, 1.165) is 25.3 Å². The predicted octanol–water partition coefficient (Wildman–Crippen LogP) is 3.84. The van der Waals surface area contributed by atoms with Gasteiger partial charge in [0.05, 0.1) is 5.69 Å². The van der Waals surface area contributed by atoms with E-state index < -0.39 is 6.61 Å². The van der Waals surface area contributed by atoms with E-state index in [-0.39, 0.29) is 17.6 Å². The van der Waals surface area contributed by atoms with E-state index in [9.17, 15) is 8.78 Å². The lowest BCUT2D eigenvalue weighted by Gasteiger charge is -2.42. The fourth-order valence-corrected chi connectivity index (χ4v) is 6.22. The molecule has 5 rings (SSSR count). The largest absolute Gasteiger partial charge is 0.431 e. The molecule has 33 heavy (non-hydrogen) atoms. The third kappa shape index (κ3) is 4.21. The molecule has 2 aromatic rings. The van der Waals surface area contributed by atoms with E-state index in [4.69, 9.17) is 10.8 Å². The molecule has 2 saturated carbocycles. The van der Waals surface area contributed by atoms with E-state index in [0.29, 0.717) is 35.4 Å². The van der Waals surface area contributed by atoms with Crippen LogP contribution < -0.4 is 10.5 Å². The molecule has 1 saturated heterocycles. The molecule has 3 heterocycles. The molecule has 3 fully saturated rings. The molecule has 3 unspecified atom stereocenters. The van der Waals surface area contributed by atoms with Crippen LogP contribution in [0.3, 0.4) is 0 Å². The summed E-state index contributed by atoms with van der Waals surface area (Å²) >= 11 is 0. The maximum Gasteiger partial charge on any atom is 0.387 e. The van der Waals surface area contributed by atoms with Crippen molar-refractivity contribution in [1.82, 2.24) is 24.6 Å². The Morgan fingerprint density at radius 3 is 2.52 bits per heavy atom. The Morgan fingerprint density at radius 1 is 1.15 bits per heavy atom. The lowest BCUT2D eigenvalue weighted by Crippen LogP contribution is -2.54. The summed E-state index contributed by atoms with van der Waals surface area (Å²) in [6.07, 6.45) is 4.07. The second kappa shape index (κ2) is 8.51. The van der Waals surface area contributed by atoms with Crippen LogP contribution in [0.4, 0.5) is 14.6 Å². The molecule has 2 N–H and O–H groups in total. The third-order valence-electron chi connectivity index (χ3n) is 7.76. The standard InChI is InChI=1S/C24H34F2N6O/c1-13(2)32-20(10-19(29-32)15-7-21(33-24(25)26)23(27)28-11-15)22-17-8-16(9-18(17)22)31-6-5-30(4)12-14(31)3/h7,10-11,13-14,16-18,22,24H,5-6,8-9,12H2,1-4H3,(H2,27,28)/t14?,16?,17-,18+,22?. The summed E-state index contributed by atoms with van der Waals surface area (Å²) < 4.78 is 32.1. The van der Waals surface area contributed by atoms with E-state index in [1.807, 2.05) is 0 Å². The molecule has 5 atom stereocenters. The fourth-order valence-electron chi connectivity index (χ4n) is 6.22. The summed E-state index contributed by atoms with van der Waals surface area (Å²) in [4.78, 5) is 9.19. The van der Waals surface area contributed by atoms with Gasteiger partial charge in [-0.3, -0.25) is 9.58 Å².